The van der Waals surface area contributed by atoms with E-state index in [9.17, 15) is 8.42 Å². The zero-order valence-corrected chi connectivity index (χ0v) is 17.1. The first-order valence-electron chi connectivity index (χ1n) is 9.30. The van der Waals surface area contributed by atoms with E-state index in [1.807, 2.05) is 12.1 Å². The Balaban J connectivity index is 1.71. The van der Waals surface area contributed by atoms with E-state index in [4.69, 9.17) is 0 Å². The highest BCUT2D eigenvalue weighted by molar-refractivity contribution is 7.90. The number of hydrogen-bond acceptors (Lipinski definition) is 4. The first-order valence-corrected chi connectivity index (χ1v) is 11.2. The Morgan fingerprint density at radius 1 is 1.19 bits per heavy atom. The van der Waals surface area contributed by atoms with Gasteiger partial charge in [-0.3, -0.25) is 9.89 Å². The van der Waals surface area contributed by atoms with E-state index < -0.39 is 9.84 Å². The number of nitrogens with one attached hydrogen (secondary N) is 2. The highest BCUT2D eigenvalue weighted by Crippen LogP contribution is 2.27. The smallest absolute Gasteiger partial charge is 0.191 e. The minimum atomic E-state index is -3.13. The summed E-state index contributed by atoms with van der Waals surface area (Å²) in [6.45, 7) is 7.14. The lowest BCUT2D eigenvalue weighted by Crippen LogP contribution is -2.44. The molecule has 0 bridgehead atoms. The predicted molar refractivity (Wildman–Crippen MR) is 107 cm³/mol. The van der Waals surface area contributed by atoms with Crippen molar-refractivity contribution in [1.82, 2.24) is 15.5 Å². The lowest BCUT2D eigenvalue weighted by Gasteiger charge is -2.26. The van der Waals surface area contributed by atoms with Crippen molar-refractivity contribution in [3.05, 3.63) is 29.8 Å². The van der Waals surface area contributed by atoms with Gasteiger partial charge in [0.1, 0.15) is 0 Å². The fourth-order valence-corrected chi connectivity index (χ4v) is 3.65. The molecule has 0 unspecified atom stereocenters. The topological polar surface area (TPSA) is 73.8 Å². The second-order valence-electron chi connectivity index (χ2n) is 7.15. The van der Waals surface area contributed by atoms with Gasteiger partial charge in [0.25, 0.3) is 0 Å². The van der Waals surface area contributed by atoms with Crippen LogP contribution in [0.25, 0.3) is 0 Å². The van der Waals surface area contributed by atoms with E-state index in [0.717, 1.165) is 43.6 Å². The molecule has 1 aliphatic carbocycles. The van der Waals surface area contributed by atoms with Crippen LogP contribution in [0.15, 0.2) is 34.2 Å². The maximum atomic E-state index is 11.5. The molecule has 0 amide bonds. The summed E-state index contributed by atoms with van der Waals surface area (Å²) in [6.07, 6.45) is 4.68. The Morgan fingerprint density at radius 3 is 2.31 bits per heavy atom. The van der Waals surface area contributed by atoms with Crippen molar-refractivity contribution >= 4 is 15.8 Å². The third-order valence-corrected chi connectivity index (χ3v) is 5.75. The molecule has 0 atom stereocenters. The van der Waals surface area contributed by atoms with E-state index >= 15 is 0 Å². The van der Waals surface area contributed by atoms with E-state index in [-0.39, 0.29) is 0 Å². The van der Waals surface area contributed by atoms with Gasteiger partial charge in [-0.1, -0.05) is 12.1 Å². The zero-order valence-electron chi connectivity index (χ0n) is 16.3. The molecule has 7 heteroatoms. The van der Waals surface area contributed by atoms with Crippen LogP contribution in [-0.4, -0.2) is 64.3 Å². The first-order chi connectivity index (χ1) is 12.3. The minimum Gasteiger partial charge on any atom is -0.356 e. The van der Waals surface area contributed by atoms with Gasteiger partial charge < -0.3 is 10.6 Å². The zero-order chi connectivity index (χ0) is 19.2. The van der Waals surface area contributed by atoms with E-state index in [0.29, 0.717) is 10.9 Å². The predicted octanol–water partition coefficient (Wildman–Crippen LogP) is 1.67. The number of rotatable bonds is 9. The number of nitrogens with zero attached hydrogens (tertiary/aromatic N) is 2. The molecule has 1 fully saturated rings. The molecule has 0 radical (unpaired) electrons. The fourth-order valence-electron chi connectivity index (χ4n) is 3.02. The Kier molecular flexibility index (Phi) is 7.46. The molecular weight excluding hydrogens is 348 g/mol. The second kappa shape index (κ2) is 9.37. The van der Waals surface area contributed by atoms with Crippen molar-refractivity contribution in [2.45, 2.75) is 50.1 Å². The lowest BCUT2D eigenvalue weighted by molar-refractivity contribution is 0.215. The van der Waals surface area contributed by atoms with Crippen LogP contribution in [-0.2, 0) is 16.3 Å². The molecule has 1 saturated carbocycles. The molecule has 26 heavy (non-hydrogen) atoms. The quantitative estimate of drug-likeness (QED) is 0.504. The molecule has 1 aliphatic rings. The van der Waals surface area contributed by atoms with Gasteiger partial charge in [-0.05, 0) is 50.8 Å². The molecule has 1 aromatic carbocycles. The Labute approximate surface area is 158 Å². The van der Waals surface area contributed by atoms with Crippen LogP contribution in [0, 0.1) is 0 Å². The molecule has 0 aliphatic heterocycles. The minimum absolute atomic E-state index is 0.358. The van der Waals surface area contributed by atoms with Crippen molar-refractivity contribution in [3.8, 4) is 0 Å². The Hall–Kier alpha value is -1.60. The summed E-state index contributed by atoms with van der Waals surface area (Å²) in [5.74, 6) is 0.803. The van der Waals surface area contributed by atoms with E-state index in [1.165, 1.54) is 19.1 Å². The highest BCUT2D eigenvalue weighted by Gasteiger charge is 2.30. The van der Waals surface area contributed by atoms with Crippen LogP contribution in [0.3, 0.4) is 0 Å². The van der Waals surface area contributed by atoms with Gasteiger partial charge in [-0.15, -0.1) is 0 Å². The molecule has 6 nitrogen and oxygen atoms in total. The fraction of sp³-hybridized carbons (Fsp3) is 0.632. The molecule has 2 rings (SSSR count). The van der Waals surface area contributed by atoms with Crippen LogP contribution in [0.5, 0.6) is 0 Å². The van der Waals surface area contributed by atoms with Crippen LogP contribution < -0.4 is 10.6 Å². The van der Waals surface area contributed by atoms with Crippen LogP contribution in [0.2, 0.25) is 0 Å². The Morgan fingerprint density at radius 2 is 1.81 bits per heavy atom. The number of benzene rings is 1. The molecule has 0 heterocycles. The number of sulfone groups is 1. The van der Waals surface area contributed by atoms with Crippen molar-refractivity contribution in [2.24, 2.45) is 4.99 Å². The highest BCUT2D eigenvalue weighted by atomic mass is 32.2. The maximum absolute atomic E-state index is 11.5. The summed E-state index contributed by atoms with van der Waals surface area (Å²) >= 11 is 0. The monoisotopic (exact) mass is 380 g/mol. The number of guanidine groups is 1. The van der Waals surface area contributed by atoms with Gasteiger partial charge in [0.05, 0.1) is 4.90 Å². The lowest BCUT2D eigenvalue weighted by atomic mass is 10.1. The molecule has 146 valence electrons. The van der Waals surface area contributed by atoms with Gasteiger partial charge >= 0.3 is 0 Å². The summed E-state index contributed by atoms with van der Waals surface area (Å²) in [7, 11) is -1.36. The SMILES string of the molecule is CN=C(NCCc1ccc(S(C)(=O)=O)cc1)NCCN(C(C)C)C1CC1. The number of hydrogen-bond donors (Lipinski definition) is 2. The summed E-state index contributed by atoms with van der Waals surface area (Å²) in [5, 5.41) is 6.68. The van der Waals surface area contributed by atoms with Crippen LogP contribution in [0.1, 0.15) is 32.3 Å². The average Bonchev–Trinajstić information content (AvgIpc) is 3.41. The van der Waals surface area contributed by atoms with Crippen LogP contribution in [0.4, 0.5) is 0 Å². The third-order valence-electron chi connectivity index (χ3n) is 4.62. The van der Waals surface area contributed by atoms with Gasteiger partial charge in [-0.2, -0.15) is 0 Å². The normalized spacial score (nSPS) is 15.5. The van der Waals surface area contributed by atoms with Gasteiger partial charge in [0.15, 0.2) is 15.8 Å². The number of aliphatic imine (C=N–C) groups is 1. The standard InChI is InChI=1S/C19H32N4O2S/c1-15(2)23(17-7-8-17)14-13-22-19(20-3)21-12-11-16-5-9-18(10-6-16)26(4,24)25/h5-6,9-10,15,17H,7-8,11-14H2,1-4H3,(H2,20,21,22). The van der Waals surface area contributed by atoms with Gasteiger partial charge in [0, 0.05) is 45.0 Å². The van der Waals surface area contributed by atoms with Gasteiger partial charge in [0.2, 0.25) is 0 Å². The second-order valence-corrected chi connectivity index (χ2v) is 9.17. The molecule has 1 aromatic rings. The first kappa shape index (κ1) is 20.7. The largest absolute Gasteiger partial charge is 0.356 e. The van der Waals surface area contributed by atoms with Crippen LogP contribution >= 0.6 is 0 Å². The van der Waals surface area contributed by atoms with Gasteiger partial charge in [-0.25, -0.2) is 8.42 Å². The molecule has 2 N–H and O–H groups in total. The summed E-state index contributed by atoms with van der Waals surface area (Å²) in [4.78, 5) is 7.17. The van der Waals surface area contributed by atoms with Crippen molar-refractivity contribution in [3.63, 3.8) is 0 Å². The molecule has 0 spiro atoms. The van der Waals surface area contributed by atoms with E-state index in [2.05, 4.69) is 34.4 Å². The maximum Gasteiger partial charge on any atom is 0.191 e. The van der Waals surface area contributed by atoms with E-state index in [1.54, 1.807) is 19.2 Å². The Bertz CT molecular complexity index is 693. The summed E-state index contributed by atoms with van der Waals surface area (Å²) in [5.41, 5.74) is 1.10. The summed E-state index contributed by atoms with van der Waals surface area (Å²) in [6, 6.07) is 8.40. The molecule has 0 aromatic heterocycles. The third kappa shape index (κ3) is 6.61. The molecular formula is C19H32N4O2S. The van der Waals surface area contributed by atoms with Crippen molar-refractivity contribution in [1.29, 1.82) is 0 Å². The van der Waals surface area contributed by atoms with Crippen molar-refractivity contribution in [2.75, 3.05) is 32.9 Å². The molecule has 0 saturated heterocycles. The summed E-state index contributed by atoms with van der Waals surface area (Å²) < 4.78 is 23.0. The van der Waals surface area contributed by atoms with Crippen molar-refractivity contribution < 1.29 is 8.42 Å². The average molecular weight is 381 g/mol.